The van der Waals surface area contributed by atoms with Gasteiger partial charge >= 0.3 is 0 Å². The molecule has 0 radical (unpaired) electrons. The molecule has 0 saturated carbocycles. The highest BCUT2D eigenvalue weighted by atomic mass is 32.1. The van der Waals surface area contributed by atoms with Gasteiger partial charge in [-0.25, -0.2) is 9.97 Å². The van der Waals surface area contributed by atoms with E-state index in [1.807, 2.05) is 24.7 Å². The minimum Gasteiger partial charge on any atom is -0.350 e. The van der Waals surface area contributed by atoms with Gasteiger partial charge in [-0.15, -0.1) is 11.3 Å². The van der Waals surface area contributed by atoms with E-state index in [4.69, 9.17) is 0 Å². The van der Waals surface area contributed by atoms with Gasteiger partial charge in [-0.2, -0.15) is 0 Å². The Bertz CT molecular complexity index is 821. The number of imidazole rings is 1. The van der Waals surface area contributed by atoms with Crippen LogP contribution in [0, 0.1) is 6.92 Å². The van der Waals surface area contributed by atoms with Crippen molar-refractivity contribution in [2.24, 2.45) is 4.99 Å². The number of benzene rings is 1. The molecule has 130 valence electrons. The number of rotatable bonds is 6. The Morgan fingerprint density at radius 1 is 1.16 bits per heavy atom. The van der Waals surface area contributed by atoms with Crippen LogP contribution in [0.3, 0.4) is 0 Å². The van der Waals surface area contributed by atoms with Gasteiger partial charge < -0.3 is 15.2 Å². The van der Waals surface area contributed by atoms with Gasteiger partial charge in [0.15, 0.2) is 5.96 Å². The van der Waals surface area contributed by atoms with Crippen molar-refractivity contribution < 1.29 is 0 Å². The van der Waals surface area contributed by atoms with E-state index in [-0.39, 0.29) is 0 Å². The maximum atomic E-state index is 4.45. The van der Waals surface area contributed by atoms with E-state index < -0.39 is 0 Å². The quantitative estimate of drug-likeness (QED) is 0.527. The second kappa shape index (κ2) is 8.43. The number of nitrogens with zero attached hydrogens (tertiary/aromatic N) is 4. The van der Waals surface area contributed by atoms with Crippen LogP contribution in [0.1, 0.15) is 21.3 Å². The molecule has 0 saturated heterocycles. The molecule has 3 rings (SSSR count). The number of nitrogens with one attached hydrogen (secondary N) is 2. The summed E-state index contributed by atoms with van der Waals surface area (Å²) in [6, 6.07) is 10.4. The predicted molar refractivity (Wildman–Crippen MR) is 102 cm³/mol. The van der Waals surface area contributed by atoms with Crippen molar-refractivity contribution in [1.29, 1.82) is 0 Å². The van der Waals surface area contributed by atoms with Crippen LogP contribution in [0.15, 0.2) is 53.9 Å². The summed E-state index contributed by atoms with van der Waals surface area (Å²) in [4.78, 5) is 14.3. The first-order valence-electron chi connectivity index (χ1n) is 8.14. The zero-order valence-corrected chi connectivity index (χ0v) is 15.3. The zero-order valence-electron chi connectivity index (χ0n) is 14.4. The van der Waals surface area contributed by atoms with Crippen molar-refractivity contribution in [2.45, 2.75) is 26.6 Å². The van der Waals surface area contributed by atoms with Gasteiger partial charge in [-0.05, 0) is 12.5 Å². The van der Waals surface area contributed by atoms with Crippen molar-refractivity contribution in [1.82, 2.24) is 25.2 Å². The van der Waals surface area contributed by atoms with Gasteiger partial charge in [0, 0.05) is 37.1 Å². The zero-order chi connectivity index (χ0) is 17.5. The van der Waals surface area contributed by atoms with E-state index in [0.29, 0.717) is 13.1 Å². The molecule has 0 fully saturated rings. The van der Waals surface area contributed by atoms with Gasteiger partial charge in [0.1, 0.15) is 10.8 Å². The largest absolute Gasteiger partial charge is 0.350 e. The number of hydrogen-bond donors (Lipinski definition) is 2. The van der Waals surface area contributed by atoms with Gasteiger partial charge in [0.2, 0.25) is 0 Å². The van der Waals surface area contributed by atoms with Crippen LogP contribution in [0.2, 0.25) is 0 Å². The summed E-state index contributed by atoms with van der Waals surface area (Å²) in [5.74, 6) is 1.71. The molecule has 0 spiro atoms. The summed E-state index contributed by atoms with van der Waals surface area (Å²) >= 11 is 1.69. The first kappa shape index (κ1) is 17.2. The van der Waals surface area contributed by atoms with Crippen molar-refractivity contribution in [3.8, 4) is 0 Å². The molecule has 3 aromatic rings. The van der Waals surface area contributed by atoms with E-state index in [9.17, 15) is 0 Å². The number of hydrogen-bond acceptors (Lipinski definition) is 4. The minimum atomic E-state index is 0.608. The Kier molecular flexibility index (Phi) is 5.79. The lowest BCUT2D eigenvalue weighted by Crippen LogP contribution is -2.37. The van der Waals surface area contributed by atoms with Crippen molar-refractivity contribution >= 4 is 17.3 Å². The standard InChI is InChI=1S/C18H22N6S/c1-14-10-21-17(25-14)12-23-18(19-2)22-11-16-20-8-9-24(16)13-15-6-4-3-5-7-15/h3-10H,11-13H2,1-2H3,(H2,19,22,23). The Balaban J connectivity index is 1.54. The van der Waals surface area contributed by atoms with Gasteiger partial charge in [-0.1, -0.05) is 30.3 Å². The lowest BCUT2D eigenvalue weighted by Gasteiger charge is -2.12. The SMILES string of the molecule is CN=C(NCc1ncc(C)s1)NCc1nccn1Cc1ccccc1. The number of thiazole rings is 1. The summed E-state index contributed by atoms with van der Waals surface area (Å²) in [7, 11) is 1.76. The summed E-state index contributed by atoms with van der Waals surface area (Å²) in [6.07, 6.45) is 5.71. The summed E-state index contributed by atoms with van der Waals surface area (Å²) < 4.78 is 2.14. The summed E-state index contributed by atoms with van der Waals surface area (Å²) in [5, 5.41) is 7.64. The minimum absolute atomic E-state index is 0.608. The van der Waals surface area contributed by atoms with Crippen LogP contribution < -0.4 is 10.6 Å². The molecule has 6 nitrogen and oxygen atoms in total. The Labute approximate surface area is 151 Å². The monoisotopic (exact) mass is 354 g/mol. The third kappa shape index (κ3) is 4.90. The van der Waals surface area contributed by atoms with Crippen molar-refractivity contribution in [2.75, 3.05) is 7.05 Å². The first-order chi connectivity index (χ1) is 12.2. The molecular formula is C18H22N6S. The average molecular weight is 354 g/mol. The molecule has 0 amide bonds. The molecule has 0 aliphatic rings. The highest BCUT2D eigenvalue weighted by Crippen LogP contribution is 2.10. The second-order valence-electron chi connectivity index (χ2n) is 5.60. The molecule has 0 unspecified atom stereocenters. The Morgan fingerprint density at radius 2 is 1.96 bits per heavy atom. The Hall–Kier alpha value is -2.67. The fraction of sp³-hybridized carbons (Fsp3) is 0.278. The molecule has 1 aromatic carbocycles. The van der Waals surface area contributed by atoms with E-state index >= 15 is 0 Å². The first-order valence-corrected chi connectivity index (χ1v) is 8.96. The van der Waals surface area contributed by atoms with E-state index in [2.05, 4.69) is 61.4 Å². The molecule has 25 heavy (non-hydrogen) atoms. The number of aryl methyl sites for hydroxylation is 1. The summed E-state index contributed by atoms with van der Waals surface area (Å²) in [6.45, 7) is 4.14. The van der Waals surface area contributed by atoms with Crippen LogP contribution in [0.4, 0.5) is 0 Å². The van der Waals surface area contributed by atoms with E-state index in [1.54, 1.807) is 18.4 Å². The maximum Gasteiger partial charge on any atom is 0.191 e. The molecule has 0 aliphatic heterocycles. The fourth-order valence-corrected chi connectivity index (χ4v) is 3.18. The Morgan fingerprint density at radius 3 is 2.68 bits per heavy atom. The van der Waals surface area contributed by atoms with Crippen LogP contribution >= 0.6 is 11.3 Å². The number of aromatic nitrogens is 3. The molecule has 2 heterocycles. The lowest BCUT2D eigenvalue weighted by atomic mass is 10.2. The van der Waals surface area contributed by atoms with Crippen LogP contribution in [-0.4, -0.2) is 27.5 Å². The second-order valence-corrected chi connectivity index (χ2v) is 6.92. The molecule has 7 heteroatoms. The molecule has 0 aliphatic carbocycles. The van der Waals surface area contributed by atoms with Crippen molar-refractivity contribution in [3.05, 3.63) is 70.2 Å². The predicted octanol–water partition coefficient (Wildman–Crippen LogP) is 2.56. The number of aliphatic imine (C=N–C) groups is 1. The molecule has 0 atom stereocenters. The van der Waals surface area contributed by atoms with Gasteiger partial charge in [0.25, 0.3) is 0 Å². The highest BCUT2D eigenvalue weighted by molar-refractivity contribution is 7.11. The third-order valence-electron chi connectivity index (χ3n) is 3.71. The maximum absolute atomic E-state index is 4.45. The molecule has 0 bridgehead atoms. The van der Waals surface area contributed by atoms with Crippen LogP contribution in [0.25, 0.3) is 0 Å². The fourth-order valence-electron chi connectivity index (χ4n) is 2.46. The normalized spacial score (nSPS) is 11.5. The average Bonchev–Trinajstić information content (AvgIpc) is 3.25. The number of guanidine groups is 1. The summed E-state index contributed by atoms with van der Waals surface area (Å²) in [5.41, 5.74) is 1.25. The van der Waals surface area contributed by atoms with E-state index in [0.717, 1.165) is 23.3 Å². The molecule has 2 N–H and O–H groups in total. The van der Waals surface area contributed by atoms with Crippen LogP contribution in [0.5, 0.6) is 0 Å². The van der Waals surface area contributed by atoms with Gasteiger partial charge in [0.05, 0.1) is 13.1 Å². The third-order valence-corrected chi connectivity index (χ3v) is 4.62. The molecule has 2 aromatic heterocycles. The highest BCUT2D eigenvalue weighted by Gasteiger charge is 2.06. The van der Waals surface area contributed by atoms with Gasteiger partial charge in [-0.3, -0.25) is 4.99 Å². The lowest BCUT2D eigenvalue weighted by molar-refractivity contribution is 0.687. The van der Waals surface area contributed by atoms with E-state index in [1.165, 1.54) is 10.4 Å². The topological polar surface area (TPSA) is 67.1 Å². The van der Waals surface area contributed by atoms with Crippen molar-refractivity contribution in [3.63, 3.8) is 0 Å². The smallest absolute Gasteiger partial charge is 0.191 e. The molecular weight excluding hydrogens is 332 g/mol. The van der Waals surface area contributed by atoms with Crippen LogP contribution in [-0.2, 0) is 19.6 Å².